The molecule has 0 fully saturated rings. The first kappa shape index (κ1) is 51.0. The van der Waals surface area contributed by atoms with E-state index < -0.39 is 11.9 Å². The molecule has 2 N–H and O–H groups in total. The Kier molecular flexibility index (Phi) is 22.7. The molecule has 4 heterocycles. The quantitative estimate of drug-likeness (QED) is 0.191. The molecule has 0 saturated carbocycles. The number of carboxylic acids is 2. The fourth-order valence-corrected chi connectivity index (χ4v) is 10.4. The van der Waals surface area contributed by atoms with Gasteiger partial charge in [0.15, 0.2) is 0 Å². The Balaban J connectivity index is 1.08. The molecule has 66 heavy (non-hydrogen) atoms. The van der Waals surface area contributed by atoms with Crippen LogP contribution in [0.2, 0.25) is 0 Å². The van der Waals surface area contributed by atoms with Crippen molar-refractivity contribution in [1.29, 1.82) is 0 Å². The highest BCUT2D eigenvalue weighted by atomic mass is 32.2. The van der Waals surface area contributed by atoms with Gasteiger partial charge in [0, 0.05) is 33.1 Å². The molecule has 0 amide bonds. The lowest BCUT2D eigenvalue weighted by atomic mass is 10.1. The van der Waals surface area contributed by atoms with Gasteiger partial charge in [0.1, 0.15) is 24.7 Å². The van der Waals surface area contributed by atoms with Gasteiger partial charge in [-0.15, -0.1) is 0 Å². The first-order valence-corrected chi connectivity index (χ1v) is 24.4. The minimum absolute atomic E-state index is 0.150. The number of thioether (sulfide) groups is 4. The van der Waals surface area contributed by atoms with Gasteiger partial charge >= 0.3 is 11.9 Å². The van der Waals surface area contributed by atoms with Crippen LogP contribution in [0.1, 0.15) is 43.0 Å². The molecule has 0 unspecified atom stereocenters. The molecule has 0 aromatic heterocycles. The van der Waals surface area contributed by atoms with E-state index in [1.165, 1.54) is 42.6 Å². The number of carbonyl (C=O) groups is 2. The van der Waals surface area contributed by atoms with Crippen molar-refractivity contribution < 1.29 is 67.2 Å². The largest absolute Gasteiger partial charge is 0.490 e. The van der Waals surface area contributed by atoms with Crippen LogP contribution in [0, 0.1) is 23.7 Å². The third kappa shape index (κ3) is 18.4. The van der Waals surface area contributed by atoms with E-state index in [9.17, 15) is 19.8 Å². The van der Waals surface area contributed by atoms with E-state index in [-0.39, 0.29) is 37.6 Å². The second kappa shape index (κ2) is 29.4. The smallest absolute Gasteiger partial charge is 0.335 e. The molecular formula is C48H50O14S4. The highest BCUT2D eigenvalue weighted by molar-refractivity contribution is 8.33. The number of fused-ring (bicyclic) bond motifs is 28. The zero-order chi connectivity index (χ0) is 46.0. The van der Waals surface area contributed by atoms with E-state index in [1.54, 1.807) is 83.4 Å². The van der Waals surface area contributed by atoms with E-state index in [1.807, 2.05) is 0 Å². The average molecular weight is 979 g/mol. The van der Waals surface area contributed by atoms with Gasteiger partial charge in [0.2, 0.25) is 0 Å². The number of hydrogen-bond donors (Lipinski definition) is 2. The normalized spacial score (nSPS) is 19.5. The number of hydrogen-bond acceptors (Lipinski definition) is 16. The standard InChI is InChI=1S/C48H50O14S4/c49-45(50)37-7-1-35(2-8-37)5-11-39-29-44-40(12-6-36-3-9-38(10-4-36)46(51)52)30-43(39)61-27-25-57-19-17-53-13-15-55-21-23-59-31-41-33-63-47(65-41)48-64-34-42(66-48)32-60-24-22-56-16-14-54-18-20-58-26-28-62-44/h1-4,7-10,29-30,33-34H,13-28,31-32H2,(H,49,50)(H,51,52)/b48-47+. The maximum Gasteiger partial charge on any atom is 0.335 e. The van der Waals surface area contributed by atoms with Gasteiger partial charge in [-0.2, -0.15) is 0 Å². The second-order valence-electron chi connectivity index (χ2n) is 13.8. The zero-order valence-corrected chi connectivity index (χ0v) is 39.3. The van der Waals surface area contributed by atoms with Crippen LogP contribution in [0.3, 0.4) is 0 Å². The van der Waals surface area contributed by atoms with Crippen molar-refractivity contribution in [2.45, 2.75) is 0 Å². The van der Waals surface area contributed by atoms with E-state index in [0.717, 1.165) is 0 Å². The van der Waals surface area contributed by atoms with Crippen molar-refractivity contribution >= 4 is 59.0 Å². The van der Waals surface area contributed by atoms with E-state index in [4.69, 9.17) is 47.4 Å². The Morgan fingerprint density at radius 2 is 0.742 bits per heavy atom. The summed E-state index contributed by atoms with van der Waals surface area (Å²) in [7, 11) is 0. The Hall–Kier alpha value is -4.38. The third-order valence-corrected chi connectivity index (χ3v) is 14.2. The van der Waals surface area contributed by atoms with Crippen molar-refractivity contribution in [3.05, 3.63) is 123 Å². The van der Waals surface area contributed by atoms with Crippen molar-refractivity contribution in [2.24, 2.45) is 0 Å². The fraction of sp³-hybridized carbons (Fsp3) is 0.375. The average Bonchev–Trinajstić information content (AvgIpc) is 4.01. The van der Waals surface area contributed by atoms with E-state index in [0.29, 0.717) is 126 Å². The minimum Gasteiger partial charge on any atom is -0.490 e. The van der Waals surface area contributed by atoms with Crippen molar-refractivity contribution in [1.82, 2.24) is 0 Å². The van der Waals surface area contributed by atoms with Gasteiger partial charge in [-0.05, 0) is 59.3 Å². The summed E-state index contributed by atoms with van der Waals surface area (Å²) in [6, 6.07) is 16.0. The molecular weight excluding hydrogens is 929 g/mol. The Bertz CT molecular complexity index is 2110. The first-order valence-electron chi connectivity index (χ1n) is 21.0. The number of ether oxygens (including phenoxy) is 10. The fourth-order valence-electron chi connectivity index (χ4n) is 5.63. The number of carboxylic acid groups (broad SMARTS) is 2. The van der Waals surface area contributed by atoms with Crippen molar-refractivity contribution in [2.75, 3.05) is 119 Å². The lowest BCUT2D eigenvalue weighted by Gasteiger charge is -2.14. The van der Waals surface area contributed by atoms with Crippen LogP contribution in [-0.2, 0) is 37.9 Å². The lowest BCUT2D eigenvalue weighted by molar-refractivity contribution is -0.00247. The maximum atomic E-state index is 11.4. The van der Waals surface area contributed by atoms with E-state index in [2.05, 4.69) is 34.5 Å². The molecule has 0 aliphatic carbocycles. The van der Waals surface area contributed by atoms with Crippen molar-refractivity contribution in [3.8, 4) is 35.2 Å². The van der Waals surface area contributed by atoms with Crippen molar-refractivity contribution in [3.63, 3.8) is 0 Å². The molecule has 0 saturated heterocycles. The topological polar surface area (TPSA) is 167 Å². The van der Waals surface area contributed by atoms with Gasteiger partial charge < -0.3 is 57.6 Å². The third-order valence-electron chi connectivity index (χ3n) is 8.93. The highest BCUT2D eigenvalue weighted by Crippen LogP contribution is 2.55. The minimum atomic E-state index is -1.03. The van der Waals surface area contributed by atoms with Crippen LogP contribution in [0.4, 0.5) is 0 Å². The molecule has 0 atom stereocenters. The van der Waals surface area contributed by atoms with Crippen LogP contribution < -0.4 is 9.47 Å². The summed E-state index contributed by atoms with van der Waals surface area (Å²) in [6.45, 7) is 7.03. The summed E-state index contributed by atoms with van der Waals surface area (Å²) in [5.74, 6) is 11.2. The molecule has 3 aromatic rings. The number of rotatable bonds is 2. The Labute approximate surface area is 401 Å². The monoisotopic (exact) mass is 978 g/mol. The molecule has 350 valence electrons. The molecule has 3 aromatic carbocycles. The molecule has 4 aliphatic rings. The lowest BCUT2D eigenvalue weighted by Crippen LogP contribution is -2.14. The summed E-state index contributed by atoms with van der Waals surface area (Å²) >= 11 is 6.95. The Morgan fingerprint density at radius 1 is 0.424 bits per heavy atom. The van der Waals surface area contributed by atoms with Gasteiger partial charge in [0.05, 0.1) is 136 Å². The predicted molar refractivity (Wildman–Crippen MR) is 256 cm³/mol. The zero-order valence-electron chi connectivity index (χ0n) is 36.1. The molecule has 0 radical (unpaired) electrons. The number of benzene rings is 3. The van der Waals surface area contributed by atoms with Crippen LogP contribution in [0.15, 0.2) is 89.8 Å². The molecule has 4 aliphatic heterocycles. The SMILES string of the molecule is O=C(O)c1ccc(C#Cc2cc3c(C#Cc4ccc(C(=O)O)cc4)cc2OCCOCCOCCOCCOCC2=CS/C(=C4/SC=C(COCCOCCOCCOCCO3)S4)S2)cc1. The summed E-state index contributed by atoms with van der Waals surface area (Å²) in [5.41, 5.74) is 2.49. The highest BCUT2D eigenvalue weighted by Gasteiger charge is 2.22. The molecule has 14 nitrogen and oxygen atoms in total. The summed E-state index contributed by atoms with van der Waals surface area (Å²) < 4.78 is 60.9. The summed E-state index contributed by atoms with van der Waals surface area (Å²) in [4.78, 5) is 25.1. The van der Waals surface area contributed by atoms with E-state index >= 15 is 0 Å². The van der Waals surface area contributed by atoms with Crippen LogP contribution in [0.5, 0.6) is 11.5 Å². The van der Waals surface area contributed by atoms with Gasteiger partial charge in [-0.25, -0.2) is 9.59 Å². The summed E-state index contributed by atoms with van der Waals surface area (Å²) in [5, 5.41) is 23.0. The van der Waals surface area contributed by atoms with Crippen LogP contribution in [0.25, 0.3) is 0 Å². The van der Waals surface area contributed by atoms with Gasteiger partial charge in [-0.3, -0.25) is 0 Å². The second-order valence-corrected chi connectivity index (χ2v) is 18.3. The van der Waals surface area contributed by atoms with Crippen LogP contribution >= 0.6 is 47.0 Å². The van der Waals surface area contributed by atoms with Crippen LogP contribution in [-0.4, -0.2) is 141 Å². The molecule has 6 bridgehead atoms. The predicted octanol–water partition coefficient (Wildman–Crippen LogP) is 7.56. The van der Waals surface area contributed by atoms with Gasteiger partial charge in [-0.1, -0.05) is 70.7 Å². The molecule has 0 spiro atoms. The number of aromatic carboxylic acids is 2. The van der Waals surface area contributed by atoms with Gasteiger partial charge in [0.25, 0.3) is 0 Å². The Morgan fingerprint density at radius 3 is 1.08 bits per heavy atom. The maximum absolute atomic E-state index is 11.4. The molecule has 18 heteroatoms. The molecule has 7 rings (SSSR count). The first-order chi connectivity index (χ1) is 32.4. The summed E-state index contributed by atoms with van der Waals surface area (Å²) in [6.07, 6.45) is 0.